The minimum atomic E-state index is 0. The number of hydrogen-bond acceptors (Lipinski definition) is 4. The molecule has 0 radical (unpaired) electrons. The quantitative estimate of drug-likeness (QED) is 0.294. The highest BCUT2D eigenvalue weighted by atomic mass is 32.1. The normalized spacial score (nSPS) is 11.3. The average Bonchev–Trinajstić information content (AvgIpc) is 3.13. The van der Waals surface area contributed by atoms with Crippen molar-refractivity contribution >= 4 is 35.4 Å². The molecule has 0 spiro atoms. The maximum Gasteiger partial charge on any atom is 0.191 e. The van der Waals surface area contributed by atoms with Crippen LogP contribution in [0.2, 0.25) is 0 Å². The summed E-state index contributed by atoms with van der Waals surface area (Å²) in [5.74, 6) is 0.868. The Morgan fingerprint density at radius 1 is 0.972 bits per heavy atom. The van der Waals surface area contributed by atoms with Crippen LogP contribution in [-0.4, -0.2) is 27.2 Å². The molecule has 0 unspecified atom stereocenters. The molecule has 7 heteroatoms. The lowest BCUT2D eigenvalue weighted by molar-refractivity contribution is 0.363. The van der Waals surface area contributed by atoms with E-state index >= 15 is 0 Å². The summed E-state index contributed by atoms with van der Waals surface area (Å²) < 4.78 is 8.74. The average molecular weight is 503 g/mol. The van der Waals surface area contributed by atoms with Gasteiger partial charge in [0.1, 0.15) is 18.1 Å². The van der Waals surface area contributed by atoms with Crippen molar-refractivity contribution in [1.29, 1.82) is 0 Å². The summed E-state index contributed by atoms with van der Waals surface area (Å²) in [5.41, 5.74) is 3.73. The number of ether oxygens (including phenoxy) is 1. The van der Waals surface area contributed by atoms with Gasteiger partial charge in [0.25, 0.3) is 0 Å². The van der Waals surface area contributed by atoms with Crippen LogP contribution in [0.1, 0.15) is 16.7 Å². The van der Waals surface area contributed by atoms with E-state index in [2.05, 4.69) is 30.4 Å². The molecule has 0 atom stereocenters. The van der Waals surface area contributed by atoms with Crippen molar-refractivity contribution in [3.8, 4) is 5.75 Å². The van der Waals surface area contributed by atoms with Gasteiger partial charge in [0.05, 0.1) is 22.1 Å². The van der Waals surface area contributed by atoms with Gasteiger partial charge >= 0.3 is 0 Å². The molecule has 36 heavy (non-hydrogen) atoms. The zero-order valence-electron chi connectivity index (χ0n) is 19.9. The van der Waals surface area contributed by atoms with Gasteiger partial charge in [-0.15, -0.1) is 0 Å². The number of benzene rings is 3. The lowest BCUT2D eigenvalue weighted by atomic mass is 10.1. The minimum Gasteiger partial charge on any atom is -0.508 e. The number of thiazole rings is 1. The van der Waals surface area contributed by atoms with Crippen LogP contribution in [0.15, 0.2) is 103 Å². The number of hydrogen-bond donors (Lipinski definition) is 1. The lowest BCUT2D eigenvalue weighted by Gasteiger charge is -2.06. The number of aromatic nitrogens is 1. The van der Waals surface area contributed by atoms with Crippen molar-refractivity contribution < 1.29 is 20.8 Å². The number of rotatable bonds is 8. The first kappa shape index (κ1) is 28.1. The topological polar surface area (TPSA) is 110 Å². The van der Waals surface area contributed by atoms with Crippen molar-refractivity contribution in [2.75, 3.05) is 6.61 Å². The molecule has 0 bridgehead atoms. The first-order chi connectivity index (χ1) is 16.5. The maximum atomic E-state index is 9.62. The van der Waals surface area contributed by atoms with E-state index in [1.165, 1.54) is 0 Å². The Morgan fingerprint density at radius 3 is 2.25 bits per heavy atom. The van der Waals surface area contributed by atoms with Gasteiger partial charge in [-0.25, -0.2) is 4.99 Å². The van der Waals surface area contributed by atoms with Crippen LogP contribution in [0.5, 0.6) is 5.75 Å². The highest BCUT2D eigenvalue weighted by Gasteiger charge is 2.05. The molecule has 1 heterocycles. The van der Waals surface area contributed by atoms with Gasteiger partial charge in [-0.2, -0.15) is 0 Å². The maximum absolute atomic E-state index is 9.62. The van der Waals surface area contributed by atoms with Gasteiger partial charge in [0.15, 0.2) is 4.80 Å². The molecule has 0 aliphatic rings. The van der Waals surface area contributed by atoms with Crippen LogP contribution in [0.3, 0.4) is 0 Å². The molecule has 4 rings (SSSR count). The molecule has 5 N–H and O–H groups in total. The van der Waals surface area contributed by atoms with E-state index in [9.17, 15) is 5.11 Å². The van der Waals surface area contributed by atoms with E-state index in [0.717, 1.165) is 37.2 Å². The van der Waals surface area contributed by atoms with E-state index < -0.39 is 0 Å². The van der Waals surface area contributed by atoms with E-state index in [1.807, 2.05) is 78.9 Å². The fourth-order valence-electron chi connectivity index (χ4n) is 3.38. The molecule has 186 valence electrons. The SMILES string of the molecule is C=CCOc1ccc(/C=c2\sc(=Nc3ccccc3)n(Cc3ccc(C(=C)O)cc3)c2=C)cc1.O.O. The molecular weight excluding hydrogens is 472 g/mol. The molecule has 0 amide bonds. The van der Waals surface area contributed by atoms with Crippen molar-refractivity contribution in [3.05, 3.63) is 129 Å². The van der Waals surface area contributed by atoms with Gasteiger partial charge in [0.2, 0.25) is 0 Å². The van der Waals surface area contributed by atoms with Gasteiger partial charge in [0, 0.05) is 5.56 Å². The van der Waals surface area contributed by atoms with Gasteiger partial charge in [-0.1, -0.05) is 91.7 Å². The van der Waals surface area contributed by atoms with Crippen LogP contribution in [0.4, 0.5) is 5.69 Å². The predicted molar refractivity (Wildman–Crippen MR) is 149 cm³/mol. The molecule has 0 saturated heterocycles. The molecule has 6 nitrogen and oxygen atoms in total. The Labute approximate surface area is 214 Å². The Bertz CT molecular complexity index is 1470. The molecule has 1 aromatic heterocycles. The van der Waals surface area contributed by atoms with E-state index in [-0.39, 0.29) is 16.7 Å². The van der Waals surface area contributed by atoms with Gasteiger partial charge in [-0.3, -0.25) is 0 Å². The van der Waals surface area contributed by atoms with Crippen LogP contribution in [0.25, 0.3) is 18.4 Å². The number of para-hydroxylation sites is 1. The first-order valence-electron chi connectivity index (χ1n) is 10.8. The third-order valence-electron chi connectivity index (χ3n) is 5.20. The predicted octanol–water partition coefficient (Wildman–Crippen LogP) is 3.51. The fourth-order valence-corrected chi connectivity index (χ4v) is 4.44. The Morgan fingerprint density at radius 2 is 1.64 bits per heavy atom. The smallest absolute Gasteiger partial charge is 0.191 e. The largest absolute Gasteiger partial charge is 0.508 e. The molecule has 3 aromatic carbocycles. The molecule has 0 aliphatic carbocycles. The summed E-state index contributed by atoms with van der Waals surface area (Å²) in [6, 6.07) is 25.6. The van der Waals surface area contributed by atoms with Crippen LogP contribution < -0.4 is 19.4 Å². The third-order valence-corrected chi connectivity index (χ3v) is 6.26. The third kappa shape index (κ3) is 6.93. The second kappa shape index (κ2) is 13.1. The van der Waals surface area contributed by atoms with E-state index in [1.54, 1.807) is 17.4 Å². The number of aliphatic hydroxyl groups is 1. The summed E-state index contributed by atoms with van der Waals surface area (Å²) in [6.07, 6.45) is 3.84. The van der Waals surface area contributed by atoms with Gasteiger partial charge < -0.3 is 25.4 Å². The van der Waals surface area contributed by atoms with Crippen molar-refractivity contribution in [2.45, 2.75) is 6.54 Å². The van der Waals surface area contributed by atoms with E-state index in [0.29, 0.717) is 18.7 Å². The monoisotopic (exact) mass is 502 g/mol. The summed E-state index contributed by atoms with van der Waals surface area (Å²) in [6.45, 7) is 12.7. The molecule has 0 aliphatic heterocycles. The van der Waals surface area contributed by atoms with Crippen molar-refractivity contribution in [1.82, 2.24) is 4.57 Å². The zero-order chi connectivity index (χ0) is 23.9. The molecule has 0 fully saturated rings. The van der Waals surface area contributed by atoms with Crippen molar-refractivity contribution in [3.63, 3.8) is 0 Å². The minimum absolute atomic E-state index is 0. The fraction of sp³-hybridized carbons (Fsp3) is 0.0690. The van der Waals surface area contributed by atoms with Crippen LogP contribution in [-0.2, 0) is 6.54 Å². The summed E-state index contributed by atoms with van der Waals surface area (Å²) >= 11 is 1.60. The second-order valence-electron chi connectivity index (χ2n) is 7.69. The Balaban J connectivity index is 0.00000228. The summed E-state index contributed by atoms with van der Waals surface area (Å²) in [5, 5.41) is 10.5. The molecular formula is C29H30N2O4S. The number of nitrogens with zero attached hydrogens (tertiary/aromatic N) is 2. The Kier molecular flexibility index (Phi) is 10.2. The highest BCUT2D eigenvalue weighted by Crippen LogP contribution is 2.14. The van der Waals surface area contributed by atoms with Crippen LogP contribution in [0, 0.1) is 0 Å². The zero-order valence-corrected chi connectivity index (χ0v) is 20.7. The standard InChI is InChI=1S/C29H26N2O2S.2H2O/c1-4-18-33-27-16-12-23(13-17-27)19-28-21(2)31(20-24-10-14-25(15-11-24)22(3)32)29(34-28)30-26-8-6-5-7-9-26;;/h4-17,19,32H,1-3,18,20H2;2*1H2/b28-19-,30-29?;;. The summed E-state index contributed by atoms with van der Waals surface area (Å²) in [4.78, 5) is 5.76. The molecule has 0 saturated carbocycles. The van der Waals surface area contributed by atoms with Crippen LogP contribution >= 0.6 is 11.3 Å². The number of aliphatic hydroxyl groups excluding tert-OH is 1. The van der Waals surface area contributed by atoms with Crippen molar-refractivity contribution in [2.24, 2.45) is 4.99 Å². The van der Waals surface area contributed by atoms with Gasteiger partial charge in [-0.05, 0) is 41.5 Å². The second-order valence-corrected chi connectivity index (χ2v) is 8.69. The Hall–Kier alpha value is -4.17. The van der Waals surface area contributed by atoms with E-state index in [4.69, 9.17) is 9.73 Å². The summed E-state index contributed by atoms with van der Waals surface area (Å²) in [7, 11) is 0. The first-order valence-corrected chi connectivity index (χ1v) is 11.7. The highest BCUT2D eigenvalue weighted by molar-refractivity contribution is 7.07. The lowest BCUT2D eigenvalue weighted by Crippen LogP contribution is -2.31. The molecule has 4 aromatic rings.